The summed E-state index contributed by atoms with van der Waals surface area (Å²) in [5.41, 5.74) is 1.26. The van der Waals surface area contributed by atoms with Crippen LogP contribution >= 0.6 is 0 Å². The van der Waals surface area contributed by atoms with Gasteiger partial charge in [-0.3, -0.25) is 0 Å². The number of para-hydroxylation sites is 1. The summed E-state index contributed by atoms with van der Waals surface area (Å²) in [5.74, 6) is 2.51. The van der Waals surface area contributed by atoms with Gasteiger partial charge in [0.2, 0.25) is 0 Å². The minimum absolute atomic E-state index is 0.337. The Morgan fingerprint density at radius 3 is 2.42 bits per heavy atom. The number of benzene rings is 1. The maximum atomic E-state index is 5.47. The van der Waals surface area contributed by atoms with E-state index in [9.17, 15) is 0 Å². The zero-order valence-electron chi connectivity index (χ0n) is 12.6. The Kier molecular flexibility index (Phi) is 4.87. The van der Waals surface area contributed by atoms with Crippen molar-refractivity contribution in [2.45, 2.75) is 52.1 Å². The molecule has 1 N–H and O–H groups in total. The van der Waals surface area contributed by atoms with Gasteiger partial charge in [-0.05, 0) is 37.7 Å². The Bertz CT molecular complexity index is 394. The van der Waals surface area contributed by atoms with Gasteiger partial charge in [-0.15, -0.1) is 0 Å². The lowest BCUT2D eigenvalue weighted by atomic mass is 9.78. The molecule has 0 spiro atoms. The predicted molar refractivity (Wildman–Crippen MR) is 80.5 cm³/mol. The van der Waals surface area contributed by atoms with Crippen molar-refractivity contribution in [2.75, 3.05) is 7.11 Å². The van der Waals surface area contributed by atoms with Crippen molar-refractivity contribution in [3.63, 3.8) is 0 Å². The predicted octanol–water partition coefficient (Wildman–Crippen LogP) is 4.17. The molecule has 2 rings (SSSR count). The van der Waals surface area contributed by atoms with Crippen LogP contribution in [0.25, 0.3) is 0 Å². The summed E-state index contributed by atoms with van der Waals surface area (Å²) in [6, 6.07) is 9.28. The van der Waals surface area contributed by atoms with E-state index in [-0.39, 0.29) is 0 Å². The minimum Gasteiger partial charge on any atom is -0.496 e. The van der Waals surface area contributed by atoms with Gasteiger partial charge in [0.15, 0.2) is 0 Å². The molecule has 1 aliphatic carbocycles. The van der Waals surface area contributed by atoms with Crippen LogP contribution in [0.3, 0.4) is 0 Å². The SMILES string of the molecule is COc1ccccc1[C@H](C)NC1C(C)CCCC1C. The van der Waals surface area contributed by atoms with E-state index in [1.54, 1.807) is 7.11 Å². The van der Waals surface area contributed by atoms with E-state index >= 15 is 0 Å². The van der Waals surface area contributed by atoms with Crippen LogP contribution < -0.4 is 10.1 Å². The van der Waals surface area contributed by atoms with Gasteiger partial charge in [-0.25, -0.2) is 0 Å². The Morgan fingerprint density at radius 2 is 1.79 bits per heavy atom. The van der Waals surface area contributed by atoms with E-state index in [4.69, 9.17) is 4.74 Å². The lowest BCUT2D eigenvalue weighted by Crippen LogP contribution is -2.43. The van der Waals surface area contributed by atoms with Crippen LogP contribution in [0.1, 0.15) is 51.6 Å². The van der Waals surface area contributed by atoms with E-state index in [2.05, 4.69) is 38.2 Å². The van der Waals surface area contributed by atoms with Gasteiger partial charge in [-0.1, -0.05) is 38.5 Å². The Morgan fingerprint density at radius 1 is 1.16 bits per heavy atom. The van der Waals surface area contributed by atoms with Gasteiger partial charge in [-0.2, -0.15) is 0 Å². The highest BCUT2D eigenvalue weighted by Crippen LogP contribution is 2.32. The zero-order valence-corrected chi connectivity index (χ0v) is 12.6. The third kappa shape index (κ3) is 3.30. The van der Waals surface area contributed by atoms with Crippen molar-refractivity contribution in [3.8, 4) is 5.75 Å². The fourth-order valence-corrected chi connectivity index (χ4v) is 3.41. The largest absolute Gasteiger partial charge is 0.496 e. The molecule has 2 nitrogen and oxygen atoms in total. The van der Waals surface area contributed by atoms with Gasteiger partial charge in [0.05, 0.1) is 7.11 Å². The summed E-state index contributed by atoms with van der Waals surface area (Å²) in [7, 11) is 1.75. The second-order valence-electron chi connectivity index (χ2n) is 6.04. The van der Waals surface area contributed by atoms with Crippen LogP contribution in [0.15, 0.2) is 24.3 Å². The summed E-state index contributed by atoms with van der Waals surface area (Å²) < 4.78 is 5.47. The van der Waals surface area contributed by atoms with Crippen molar-refractivity contribution < 1.29 is 4.74 Å². The lowest BCUT2D eigenvalue weighted by molar-refractivity contribution is 0.195. The van der Waals surface area contributed by atoms with Crippen molar-refractivity contribution in [3.05, 3.63) is 29.8 Å². The molecular formula is C17H27NO. The summed E-state index contributed by atoms with van der Waals surface area (Å²) in [4.78, 5) is 0. The quantitative estimate of drug-likeness (QED) is 0.878. The molecule has 2 unspecified atom stereocenters. The van der Waals surface area contributed by atoms with Crippen LogP contribution in [-0.4, -0.2) is 13.2 Å². The van der Waals surface area contributed by atoms with E-state index < -0.39 is 0 Å². The van der Waals surface area contributed by atoms with E-state index in [0.29, 0.717) is 12.1 Å². The normalized spacial score (nSPS) is 28.9. The first-order chi connectivity index (χ1) is 9.13. The van der Waals surface area contributed by atoms with Crippen molar-refractivity contribution >= 4 is 0 Å². The maximum Gasteiger partial charge on any atom is 0.123 e. The highest BCUT2D eigenvalue weighted by molar-refractivity contribution is 5.35. The van der Waals surface area contributed by atoms with Crippen molar-refractivity contribution in [1.82, 2.24) is 5.32 Å². The second kappa shape index (κ2) is 6.42. The topological polar surface area (TPSA) is 21.3 Å². The zero-order chi connectivity index (χ0) is 13.8. The van der Waals surface area contributed by atoms with Gasteiger partial charge in [0.1, 0.15) is 5.75 Å². The fraction of sp³-hybridized carbons (Fsp3) is 0.647. The molecule has 0 saturated heterocycles. The first-order valence-electron chi connectivity index (χ1n) is 7.52. The first-order valence-corrected chi connectivity index (χ1v) is 7.52. The lowest BCUT2D eigenvalue weighted by Gasteiger charge is -2.37. The minimum atomic E-state index is 0.337. The molecule has 0 aromatic heterocycles. The Labute approximate surface area is 117 Å². The third-order valence-corrected chi connectivity index (χ3v) is 4.59. The molecule has 1 aliphatic rings. The number of hydrogen-bond donors (Lipinski definition) is 1. The van der Waals surface area contributed by atoms with E-state index in [1.807, 2.05) is 12.1 Å². The summed E-state index contributed by atoms with van der Waals surface area (Å²) in [6.07, 6.45) is 4.07. The van der Waals surface area contributed by atoms with Gasteiger partial charge in [0.25, 0.3) is 0 Å². The van der Waals surface area contributed by atoms with Crippen LogP contribution in [-0.2, 0) is 0 Å². The average Bonchev–Trinajstić information content (AvgIpc) is 2.42. The highest BCUT2D eigenvalue weighted by atomic mass is 16.5. The second-order valence-corrected chi connectivity index (χ2v) is 6.04. The standard InChI is InChI=1S/C17H27NO/c1-12-8-7-9-13(2)17(12)18-14(3)15-10-5-6-11-16(15)19-4/h5-6,10-14,17-18H,7-9H2,1-4H3/t12?,13?,14-,17?/m0/s1. The van der Waals surface area contributed by atoms with Gasteiger partial charge >= 0.3 is 0 Å². The fourth-order valence-electron chi connectivity index (χ4n) is 3.41. The number of rotatable bonds is 4. The molecule has 0 bridgehead atoms. The van der Waals surface area contributed by atoms with Crippen LogP contribution in [0.2, 0.25) is 0 Å². The summed E-state index contributed by atoms with van der Waals surface area (Å²) >= 11 is 0. The number of methoxy groups -OCH3 is 1. The van der Waals surface area contributed by atoms with E-state index in [0.717, 1.165) is 17.6 Å². The molecule has 1 saturated carbocycles. The molecule has 2 heteroatoms. The number of hydrogen-bond acceptors (Lipinski definition) is 2. The molecular weight excluding hydrogens is 234 g/mol. The molecule has 0 heterocycles. The first kappa shape index (κ1) is 14.4. The van der Waals surface area contributed by atoms with E-state index in [1.165, 1.54) is 24.8 Å². The van der Waals surface area contributed by atoms with Gasteiger partial charge < -0.3 is 10.1 Å². The van der Waals surface area contributed by atoms with Crippen LogP contribution in [0, 0.1) is 11.8 Å². The average molecular weight is 261 g/mol. The molecule has 1 fully saturated rings. The Hall–Kier alpha value is -1.02. The summed E-state index contributed by atoms with van der Waals surface area (Å²) in [6.45, 7) is 7.00. The molecule has 1 aromatic rings. The molecule has 1 aromatic carbocycles. The molecule has 0 aliphatic heterocycles. The Balaban J connectivity index is 2.09. The summed E-state index contributed by atoms with van der Waals surface area (Å²) in [5, 5.41) is 3.83. The number of nitrogens with one attached hydrogen (secondary N) is 1. The van der Waals surface area contributed by atoms with Crippen molar-refractivity contribution in [1.29, 1.82) is 0 Å². The molecule has 3 atom stereocenters. The maximum absolute atomic E-state index is 5.47. The van der Waals surface area contributed by atoms with Crippen molar-refractivity contribution in [2.24, 2.45) is 11.8 Å². The van der Waals surface area contributed by atoms with Gasteiger partial charge in [0, 0.05) is 17.6 Å². The highest BCUT2D eigenvalue weighted by Gasteiger charge is 2.29. The molecule has 0 amide bonds. The number of ether oxygens (including phenoxy) is 1. The molecule has 106 valence electrons. The monoisotopic (exact) mass is 261 g/mol. The molecule has 0 radical (unpaired) electrons. The molecule has 19 heavy (non-hydrogen) atoms. The van der Waals surface area contributed by atoms with Crippen LogP contribution in [0.4, 0.5) is 0 Å². The smallest absolute Gasteiger partial charge is 0.123 e. The van der Waals surface area contributed by atoms with Crippen LogP contribution in [0.5, 0.6) is 5.75 Å². The third-order valence-electron chi connectivity index (χ3n) is 4.59.